The zero-order valence-corrected chi connectivity index (χ0v) is 20.2. The van der Waals surface area contributed by atoms with Gasteiger partial charge in [-0.1, -0.05) is 58.8 Å². The average molecular weight is 419 g/mol. The van der Waals surface area contributed by atoms with Crippen molar-refractivity contribution in [1.82, 2.24) is 0 Å². The fourth-order valence-corrected chi connectivity index (χ4v) is 7.00. The van der Waals surface area contributed by atoms with Gasteiger partial charge in [-0.25, -0.2) is 0 Å². The molecule has 3 fully saturated rings. The zero-order chi connectivity index (χ0) is 21.2. The highest BCUT2D eigenvalue weighted by molar-refractivity contribution is 5.69. The predicted molar refractivity (Wildman–Crippen MR) is 126 cm³/mol. The Hall–Kier alpha value is -0.530. The maximum absolute atomic E-state index is 12.0. The van der Waals surface area contributed by atoms with Gasteiger partial charge < -0.3 is 4.74 Å². The summed E-state index contributed by atoms with van der Waals surface area (Å²) in [4.78, 5) is 12.0. The minimum absolute atomic E-state index is 0.0523. The first-order valence-corrected chi connectivity index (χ1v) is 13.9. The number of carbonyl (C=O) groups excluding carboxylic acids is 1. The highest BCUT2D eigenvalue weighted by atomic mass is 16.5. The molecule has 174 valence electrons. The van der Waals surface area contributed by atoms with Gasteiger partial charge in [-0.15, -0.1) is 0 Å². The van der Waals surface area contributed by atoms with Gasteiger partial charge >= 0.3 is 5.97 Å². The lowest BCUT2D eigenvalue weighted by molar-refractivity contribution is -0.152. The molecule has 3 saturated carbocycles. The lowest BCUT2D eigenvalue weighted by Crippen LogP contribution is -2.32. The molecule has 0 bridgehead atoms. The second-order valence-corrected chi connectivity index (χ2v) is 11.1. The van der Waals surface area contributed by atoms with E-state index in [2.05, 4.69) is 13.8 Å². The van der Waals surface area contributed by atoms with E-state index in [4.69, 9.17) is 4.74 Å². The molecule has 0 amide bonds. The van der Waals surface area contributed by atoms with Crippen molar-refractivity contribution in [3.8, 4) is 0 Å². The molecule has 0 unspecified atom stereocenters. The largest absolute Gasteiger partial charge is 0.462 e. The standard InChI is InChI=1S/C28H50O2/c1-3-5-7-9-22-13-15-23(16-14-22)24-17-19-25(20-18-24)26-10-8-11-27(21-26)30-28(29)12-6-4-2/h22-27H,3-21H2,1-2H3/t22-,23-,24?,25?,26-,27+/m0/s1. The maximum atomic E-state index is 12.0. The van der Waals surface area contributed by atoms with Crippen LogP contribution in [-0.2, 0) is 9.53 Å². The van der Waals surface area contributed by atoms with Gasteiger partial charge in [0.05, 0.1) is 0 Å². The molecule has 0 aromatic rings. The van der Waals surface area contributed by atoms with E-state index >= 15 is 0 Å². The molecule has 0 aromatic carbocycles. The van der Waals surface area contributed by atoms with Crippen LogP contribution >= 0.6 is 0 Å². The molecule has 2 heteroatoms. The van der Waals surface area contributed by atoms with Crippen LogP contribution in [0.1, 0.15) is 136 Å². The van der Waals surface area contributed by atoms with Gasteiger partial charge in [0.2, 0.25) is 0 Å². The first-order valence-electron chi connectivity index (χ1n) is 13.9. The van der Waals surface area contributed by atoms with Gasteiger partial charge in [0.25, 0.3) is 0 Å². The summed E-state index contributed by atoms with van der Waals surface area (Å²) in [5.74, 6) is 4.87. The Morgan fingerprint density at radius 2 is 1.30 bits per heavy atom. The van der Waals surface area contributed by atoms with Crippen LogP contribution in [0.15, 0.2) is 0 Å². The monoisotopic (exact) mass is 418 g/mol. The third-order valence-electron chi connectivity index (χ3n) is 8.96. The number of unbranched alkanes of at least 4 members (excludes halogenated alkanes) is 3. The Labute approximate surface area is 187 Å². The van der Waals surface area contributed by atoms with Crippen LogP contribution in [0.3, 0.4) is 0 Å². The fourth-order valence-electron chi connectivity index (χ4n) is 7.00. The minimum atomic E-state index is 0.0523. The summed E-state index contributed by atoms with van der Waals surface area (Å²) in [5.41, 5.74) is 0. The van der Waals surface area contributed by atoms with Crippen molar-refractivity contribution in [1.29, 1.82) is 0 Å². The molecule has 0 saturated heterocycles. The van der Waals surface area contributed by atoms with Crippen LogP contribution in [0.4, 0.5) is 0 Å². The van der Waals surface area contributed by atoms with E-state index in [-0.39, 0.29) is 12.1 Å². The molecule has 2 nitrogen and oxygen atoms in total. The first-order chi connectivity index (χ1) is 14.7. The quantitative estimate of drug-likeness (QED) is 0.263. The number of esters is 1. The number of hydrogen-bond donors (Lipinski definition) is 0. The van der Waals surface area contributed by atoms with Crippen LogP contribution in [0.2, 0.25) is 0 Å². The van der Waals surface area contributed by atoms with Gasteiger partial charge in [0.1, 0.15) is 6.10 Å². The second-order valence-electron chi connectivity index (χ2n) is 11.1. The molecule has 0 radical (unpaired) electrons. The van der Waals surface area contributed by atoms with Crippen molar-refractivity contribution < 1.29 is 9.53 Å². The summed E-state index contributed by atoms with van der Waals surface area (Å²) in [6.07, 6.45) is 25.5. The van der Waals surface area contributed by atoms with E-state index in [0.717, 1.165) is 55.3 Å². The van der Waals surface area contributed by atoms with Gasteiger partial charge in [-0.2, -0.15) is 0 Å². The summed E-state index contributed by atoms with van der Waals surface area (Å²) in [7, 11) is 0. The van der Waals surface area contributed by atoms with Crippen molar-refractivity contribution in [3.05, 3.63) is 0 Å². The van der Waals surface area contributed by atoms with Gasteiger partial charge in [-0.05, 0) is 100 Å². The highest BCUT2D eigenvalue weighted by Gasteiger charge is 2.35. The maximum Gasteiger partial charge on any atom is 0.306 e. The van der Waals surface area contributed by atoms with E-state index in [1.165, 1.54) is 89.9 Å². The van der Waals surface area contributed by atoms with Crippen LogP contribution in [-0.4, -0.2) is 12.1 Å². The summed E-state index contributed by atoms with van der Waals surface area (Å²) in [6, 6.07) is 0. The van der Waals surface area contributed by atoms with Crippen LogP contribution < -0.4 is 0 Å². The molecule has 3 aliphatic rings. The van der Waals surface area contributed by atoms with Crippen LogP contribution in [0.5, 0.6) is 0 Å². The smallest absolute Gasteiger partial charge is 0.306 e. The summed E-state index contributed by atoms with van der Waals surface area (Å²) >= 11 is 0. The van der Waals surface area contributed by atoms with Crippen molar-refractivity contribution in [2.24, 2.45) is 29.6 Å². The highest BCUT2D eigenvalue weighted by Crippen LogP contribution is 2.46. The Morgan fingerprint density at radius 3 is 1.93 bits per heavy atom. The Kier molecular flexibility index (Phi) is 10.5. The van der Waals surface area contributed by atoms with Crippen molar-refractivity contribution in [2.45, 2.75) is 142 Å². The minimum Gasteiger partial charge on any atom is -0.462 e. The third-order valence-corrected chi connectivity index (χ3v) is 8.96. The second kappa shape index (κ2) is 13.1. The Balaban J connectivity index is 1.34. The van der Waals surface area contributed by atoms with E-state index in [9.17, 15) is 4.79 Å². The van der Waals surface area contributed by atoms with E-state index in [1.54, 1.807) is 0 Å². The molecule has 30 heavy (non-hydrogen) atoms. The molecule has 0 N–H and O–H groups in total. The normalized spacial score (nSPS) is 35.1. The average Bonchev–Trinajstić information content (AvgIpc) is 2.79. The lowest BCUT2D eigenvalue weighted by atomic mass is 9.65. The fraction of sp³-hybridized carbons (Fsp3) is 0.964. The van der Waals surface area contributed by atoms with Gasteiger partial charge in [-0.3, -0.25) is 4.79 Å². The van der Waals surface area contributed by atoms with Crippen molar-refractivity contribution >= 4 is 5.97 Å². The van der Waals surface area contributed by atoms with Gasteiger partial charge in [0, 0.05) is 6.42 Å². The van der Waals surface area contributed by atoms with Gasteiger partial charge in [0.15, 0.2) is 0 Å². The molecule has 3 aliphatic carbocycles. The molecule has 0 aromatic heterocycles. The summed E-state index contributed by atoms with van der Waals surface area (Å²) in [6.45, 7) is 4.46. The van der Waals surface area contributed by atoms with Crippen molar-refractivity contribution in [3.63, 3.8) is 0 Å². The SMILES string of the molecule is CCCCC[C@H]1CC[C@H](C2CCC([C@H]3CCC[C@@H](OC(=O)CCCC)C3)CC2)CC1. The van der Waals surface area contributed by atoms with Crippen LogP contribution in [0.25, 0.3) is 0 Å². The summed E-state index contributed by atoms with van der Waals surface area (Å²) in [5, 5.41) is 0. The van der Waals surface area contributed by atoms with E-state index in [1.807, 2.05) is 0 Å². The molecule has 0 aliphatic heterocycles. The van der Waals surface area contributed by atoms with Crippen molar-refractivity contribution in [2.75, 3.05) is 0 Å². The molecule has 0 heterocycles. The zero-order valence-electron chi connectivity index (χ0n) is 20.2. The predicted octanol–water partition coefficient (Wildman–Crippen LogP) is 8.47. The van der Waals surface area contributed by atoms with E-state index < -0.39 is 0 Å². The lowest BCUT2D eigenvalue weighted by Gasteiger charge is -2.41. The molecule has 3 rings (SSSR count). The topological polar surface area (TPSA) is 26.3 Å². The molecule has 2 atom stereocenters. The molecular formula is C28H50O2. The Bertz CT molecular complexity index is 471. The molecular weight excluding hydrogens is 368 g/mol. The number of rotatable bonds is 10. The first kappa shape index (κ1) is 24.1. The third kappa shape index (κ3) is 7.56. The Morgan fingerprint density at radius 1 is 0.700 bits per heavy atom. The number of carbonyl (C=O) groups is 1. The van der Waals surface area contributed by atoms with Crippen LogP contribution in [0, 0.1) is 29.6 Å². The number of ether oxygens (including phenoxy) is 1. The summed E-state index contributed by atoms with van der Waals surface area (Å²) < 4.78 is 5.84. The number of hydrogen-bond acceptors (Lipinski definition) is 2. The molecule has 0 spiro atoms. The van der Waals surface area contributed by atoms with E-state index in [0.29, 0.717) is 6.42 Å².